The lowest BCUT2D eigenvalue weighted by molar-refractivity contribution is -0.118. The third-order valence-corrected chi connectivity index (χ3v) is 7.13. The lowest BCUT2D eigenvalue weighted by Crippen LogP contribution is -2.47. The van der Waals surface area contributed by atoms with Crippen molar-refractivity contribution in [3.8, 4) is 0 Å². The van der Waals surface area contributed by atoms with Gasteiger partial charge in [-0.05, 0) is 45.2 Å². The maximum atomic E-state index is 13.0. The van der Waals surface area contributed by atoms with Crippen molar-refractivity contribution in [3.05, 3.63) is 46.6 Å². The minimum absolute atomic E-state index is 0.0437. The van der Waals surface area contributed by atoms with E-state index in [-0.39, 0.29) is 17.6 Å². The summed E-state index contributed by atoms with van der Waals surface area (Å²) in [7, 11) is 0. The number of aromatic nitrogens is 2. The van der Waals surface area contributed by atoms with Crippen LogP contribution < -0.4 is 5.32 Å². The van der Waals surface area contributed by atoms with Crippen LogP contribution in [0.1, 0.15) is 54.2 Å². The second kappa shape index (κ2) is 7.71. The molecule has 6 nitrogen and oxygen atoms in total. The maximum absolute atomic E-state index is 13.0. The Balaban J connectivity index is 1.25. The Bertz CT molecular complexity index is 1030. The normalized spacial score (nSPS) is 17.8. The quantitative estimate of drug-likeness (QED) is 0.608. The minimum atomic E-state index is -0.0437. The SMILES string of the molecule is CC(C)OC1(CNc2nc3c(s2)CN(C(=O)c2cc4ccccc4[nH]2)CC3)CCC1. The number of hydrogen-bond acceptors (Lipinski definition) is 5. The van der Waals surface area contributed by atoms with Gasteiger partial charge in [0.15, 0.2) is 5.13 Å². The molecule has 0 spiro atoms. The first-order chi connectivity index (χ1) is 14.5. The molecular formula is C23H28N4O2S. The minimum Gasteiger partial charge on any atom is -0.371 e. The molecule has 2 N–H and O–H groups in total. The van der Waals surface area contributed by atoms with Gasteiger partial charge in [-0.15, -0.1) is 0 Å². The van der Waals surface area contributed by atoms with Gasteiger partial charge in [-0.1, -0.05) is 29.5 Å². The molecule has 158 valence electrons. The second-order valence-electron chi connectivity index (χ2n) is 8.69. The molecule has 1 amide bonds. The maximum Gasteiger partial charge on any atom is 0.270 e. The van der Waals surface area contributed by atoms with Crippen molar-refractivity contribution >= 4 is 33.3 Å². The average Bonchev–Trinajstić information content (AvgIpc) is 3.32. The van der Waals surface area contributed by atoms with Crippen molar-refractivity contribution in [1.29, 1.82) is 0 Å². The molecule has 0 atom stereocenters. The summed E-state index contributed by atoms with van der Waals surface area (Å²) >= 11 is 1.67. The Morgan fingerprint density at radius 3 is 2.93 bits per heavy atom. The van der Waals surface area contributed by atoms with Crippen molar-refractivity contribution in [2.45, 2.75) is 57.8 Å². The van der Waals surface area contributed by atoms with Gasteiger partial charge in [-0.25, -0.2) is 4.98 Å². The monoisotopic (exact) mass is 424 g/mol. The van der Waals surface area contributed by atoms with E-state index in [1.807, 2.05) is 35.2 Å². The number of H-pyrrole nitrogens is 1. The van der Waals surface area contributed by atoms with Crippen molar-refractivity contribution in [2.75, 3.05) is 18.4 Å². The summed E-state index contributed by atoms with van der Waals surface area (Å²) < 4.78 is 6.18. The molecule has 0 radical (unpaired) electrons. The Hall–Kier alpha value is -2.38. The topological polar surface area (TPSA) is 70.2 Å². The highest BCUT2D eigenvalue weighted by Gasteiger charge is 2.39. The van der Waals surface area contributed by atoms with E-state index in [2.05, 4.69) is 24.1 Å². The predicted molar refractivity (Wildman–Crippen MR) is 120 cm³/mol. The van der Waals surface area contributed by atoms with Crippen LogP contribution in [-0.2, 0) is 17.7 Å². The third kappa shape index (κ3) is 3.72. The molecule has 3 heterocycles. The zero-order valence-corrected chi connectivity index (χ0v) is 18.3. The fourth-order valence-corrected chi connectivity index (χ4v) is 5.47. The molecule has 30 heavy (non-hydrogen) atoms. The molecular weight excluding hydrogens is 396 g/mol. The highest BCUT2D eigenvalue weighted by molar-refractivity contribution is 7.15. The molecule has 1 aromatic carbocycles. The van der Waals surface area contributed by atoms with Gasteiger partial charge in [-0.3, -0.25) is 4.79 Å². The molecule has 1 aliphatic carbocycles. The van der Waals surface area contributed by atoms with Crippen LogP contribution in [0, 0.1) is 0 Å². The largest absolute Gasteiger partial charge is 0.371 e. The fraction of sp³-hybridized carbons (Fsp3) is 0.478. The van der Waals surface area contributed by atoms with Gasteiger partial charge in [0.05, 0.1) is 23.9 Å². The van der Waals surface area contributed by atoms with E-state index in [4.69, 9.17) is 9.72 Å². The number of rotatable bonds is 6. The lowest BCUT2D eigenvalue weighted by atomic mass is 9.79. The number of nitrogens with zero attached hydrogens (tertiary/aromatic N) is 2. The summed E-state index contributed by atoms with van der Waals surface area (Å²) in [5.41, 5.74) is 2.73. The van der Waals surface area contributed by atoms with Crippen LogP contribution in [-0.4, -0.2) is 45.6 Å². The van der Waals surface area contributed by atoms with Gasteiger partial charge in [0.1, 0.15) is 5.69 Å². The smallest absolute Gasteiger partial charge is 0.270 e. The molecule has 0 bridgehead atoms. The number of hydrogen-bond donors (Lipinski definition) is 2. The third-order valence-electron chi connectivity index (χ3n) is 6.09. The van der Waals surface area contributed by atoms with Crippen LogP contribution in [0.2, 0.25) is 0 Å². The summed E-state index contributed by atoms with van der Waals surface area (Å²) in [5, 5.41) is 5.53. The van der Waals surface area contributed by atoms with E-state index in [0.717, 1.165) is 47.5 Å². The van der Waals surface area contributed by atoms with Crippen LogP contribution in [0.15, 0.2) is 30.3 Å². The van der Waals surface area contributed by atoms with E-state index >= 15 is 0 Å². The number of amides is 1. The van der Waals surface area contributed by atoms with Crippen molar-refractivity contribution in [2.24, 2.45) is 0 Å². The van der Waals surface area contributed by atoms with Crippen LogP contribution >= 0.6 is 11.3 Å². The van der Waals surface area contributed by atoms with E-state index in [9.17, 15) is 4.79 Å². The van der Waals surface area contributed by atoms with Crippen molar-refractivity contribution < 1.29 is 9.53 Å². The van der Waals surface area contributed by atoms with Gasteiger partial charge in [0.25, 0.3) is 5.91 Å². The van der Waals surface area contributed by atoms with Gasteiger partial charge >= 0.3 is 0 Å². The number of benzene rings is 1. The Morgan fingerprint density at radius 2 is 2.20 bits per heavy atom. The van der Waals surface area contributed by atoms with E-state index in [1.165, 1.54) is 11.3 Å². The summed E-state index contributed by atoms with van der Waals surface area (Å²) in [6.07, 6.45) is 4.48. The van der Waals surface area contributed by atoms with Gasteiger partial charge < -0.3 is 19.9 Å². The van der Waals surface area contributed by atoms with Crippen molar-refractivity contribution in [3.63, 3.8) is 0 Å². The summed E-state index contributed by atoms with van der Waals surface area (Å²) in [6.45, 7) is 6.32. The van der Waals surface area contributed by atoms with E-state index in [1.54, 1.807) is 11.3 Å². The van der Waals surface area contributed by atoms with E-state index < -0.39 is 0 Å². The number of nitrogens with one attached hydrogen (secondary N) is 2. The van der Waals surface area contributed by atoms with Gasteiger partial charge in [-0.2, -0.15) is 0 Å². The van der Waals surface area contributed by atoms with E-state index in [0.29, 0.717) is 18.8 Å². The average molecular weight is 425 g/mol. The van der Waals surface area contributed by atoms with Crippen LogP contribution in [0.5, 0.6) is 0 Å². The van der Waals surface area contributed by atoms with Crippen molar-refractivity contribution in [1.82, 2.24) is 14.9 Å². The number of carbonyl (C=O) groups excluding carboxylic acids is 1. The number of aromatic amines is 1. The Labute approximate surface area is 180 Å². The molecule has 0 saturated heterocycles. The summed E-state index contributed by atoms with van der Waals surface area (Å²) in [4.78, 5) is 24.2. The zero-order chi connectivity index (χ0) is 20.7. The number of carbonyl (C=O) groups is 1. The molecule has 3 aromatic rings. The molecule has 0 unspecified atom stereocenters. The zero-order valence-electron chi connectivity index (χ0n) is 17.5. The molecule has 1 aliphatic heterocycles. The lowest BCUT2D eigenvalue weighted by Gasteiger charge is -2.43. The number of fused-ring (bicyclic) bond motifs is 2. The molecule has 7 heteroatoms. The molecule has 2 aliphatic rings. The Morgan fingerprint density at radius 1 is 1.37 bits per heavy atom. The fourth-order valence-electron chi connectivity index (χ4n) is 4.45. The number of ether oxygens (including phenoxy) is 1. The summed E-state index contributed by atoms with van der Waals surface area (Å²) in [6, 6.07) is 9.93. The van der Waals surface area contributed by atoms with Crippen LogP contribution in [0.3, 0.4) is 0 Å². The molecule has 2 aromatic heterocycles. The Kier molecular flexibility index (Phi) is 5.03. The highest BCUT2D eigenvalue weighted by atomic mass is 32.1. The molecule has 5 rings (SSSR count). The van der Waals surface area contributed by atoms with Crippen LogP contribution in [0.25, 0.3) is 10.9 Å². The second-order valence-corrected chi connectivity index (χ2v) is 9.78. The first-order valence-electron chi connectivity index (χ1n) is 10.8. The number of anilines is 1. The van der Waals surface area contributed by atoms with Gasteiger partial charge in [0.2, 0.25) is 0 Å². The number of thiazole rings is 1. The number of para-hydroxylation sites is 1. The molecule has 1 saturated carbocycles. The standard InChI is InChI=1S/C23H28N4O2S/c1-15(2)29-23(9-5-10-23)14-24-22-26-18-8-11-27(13-20(18)30-22)21(28)19-12-16-6-3-4-7-17(16)25-19/h3-4,6-7,12,15,25H,5,8-11,13-14H2,1-2H3,(H,24,26). The van der Waals surface area contributed by atoms with Crippen LogP contribution in [0.4, 0.5) is 5.13 Å². The highest BCUT2D eigenvalue weighted by Crippen LogP contribution is 2.37. The van der Waals surface area contributed by atoms with Gasteiger partial charge in [0, 0.05) is 35.3 Å². The predicted octanol–water partition coefficient (Wildman–Crippen LogP) is 4.58. The first kappa shape index (κ1) is 19.6. The summed E-state index contributed by atoms with van der Waals surface area (Å²) in [5.74, 6) is 0.0542. The molecule has 1 fully saturated rings. The first-order valence-corrected chi connectivity index (χ1v) is 11.6.